The molecule has 0 fully saturated rings. The summed E-state index contributed by atoms with van der Waals surface area (Å²) in [7, 11) is 1.42. The van der Waals surface area contributed by atoms with Crippen molar-refractivity contribution in [1.82, 2.24) is 4.57 Å². The highest BCUT2D eigenvalue weighted by molar-refractivity contribution is 5.90. The number of rotatable bonds is 3. The van der Waals surface area contributed by atoms with Gasteiger partial charge in [0, 0.05) is 16.9 Å². The average molecular weight is 379 g/mol. The minimum Gasteiger partial charge on any atom is -0.465 e. The molecule has 29 heavy (non-hydrogen) atoms. The fourth-order valence-corrected chi connectivity index (χ4v) is 4.29. The van der Waals surface area contributed by atoms with E-state index in [1.165, 1.54) is 29.5 Å². The monoisotopic (exact) mass is 379 g/mol. The predicted molar refractivity (Wildman–Crippen MR) is 115 cm³/mol. The predicted octanol–water partition coefficient (Wildman–Crippen LogP) is 5.70. The second-order valence-electron chi connectivity index (χ2n) is 7.29. The van der Waals surface area contributed by atoms with Gasteiger partial charge in [-0.3, -0.25) is 0 Å². The van der Waals surface area contributed by atoms with E-state index in [2.05, 4.69) is 65.2 Å². The summed E-state index contributed by atoms with van der Waals surface area (Å²) in [6.07, 6.45) is 1.97. The Balaban J connectivity index is 1.77. The SMILES string of the molecule is COC(=O)c1cccc(-n2c(-c3ccccc3)cc3c2CCc2ccccc2-3)c1. The lowest BCUT2D eigenvalue weighted by Gasteiger charge is -2.20. The number of fused-ring (bicyclic) bond motifs is 3. The van der Waals surface area contributed by atoms with Crippen LogP contribution in [-0.4, -0.2) is 17.6 Å². The van der Waals surface area contributed by atoms with Gasteiger partial charge in [-0.2, -0.15) is 0 Å². The molecule has 0 aliphatic heterocycles. The van der Waals surface area contributed by atoms with E-state index in [0.29, 0.717) is 5.56 Å². The third-order valence-electron chi connectivity index (χ3n) is 5.64. The van der Waals surface area contributed by atoms with Crippen molar-refractivity contribution in [1.29, 1.82) is 0 Å². The van der Waals surface area contributed by atoms with Crippen LogP contribution < -0.4 is 0 Å². The molecule has 0 N–H and O–H groups in total. The smallest absolute Gasteiger partial charge is 0.337 e. The van der Waals surface area contributed by atoms with Crippen molar-refractivity contribution >= 4 is 5.97 Å². The molecule has 1 aliphatic rings. The molecule has 4 aromatic rings. The summed E-state index contributed by atoms with van der Waals surface area (Å²) in [6.45, 7) is 0. The molecule has 0 amide bonds. The number of benzene rings is 3. The van der Waals surface area contributed by atoms with E-state index < -0.39 is 0 Å². The quantitative estimate of drug-likeness (QED) is 0.428. The highest BCUT2D eigenvalue weighted by atomic mass is 16.5. The molecule has 0 atom stereocenters. The Bertz CT molecular complexity index is 1200. The van der Waals surface area contributed by atoms with E-state index in [9.17, 15) is 4.79 Å². The first kappa shape index (κ1) is 17.5. The maximum Gasteiger partial charge on any atom is 0.337 e. The first-order valence-electron chi connectivity index (χ1n) is 9.83. The summed E-state index contributed by atoms with van der Waals surface area (Å²) in [4.78, 5) is 12.1. The maximum atomic E-state index is 12.1. The Morgan fingerprint density at radius 2 is 1.62 bits per heavy atom. The number of hydrogen-bond donors (Lipinski definition) is 0. The van der Waals surface area contributed by atoms with Crippen molar-refractivity contribution in [2.75, 3.05) is 7.11 Å². The summed E-state index contributed by atoms with van der Waals surface area (Å²) >= 11 is 0. The Morgan fingerprint density at radius 3 is 2.45 bits per heavy atom. The summed E-state index contributed by atoms with van der Waals surface area (Å²) in [5.41, 5.74) is 9.07. The number of aryl methyl sites for hydroxylation is 1. The van der Waals surface area contributed by atoms with E-state index in [-0.39, 0.29) is 5.97 Å². The number of hydrogen-bond acceptors (Lipinski definition) is 2. The molecule has 0 spiro atoms. The van der Waals surface area contributed by atoms with Gasteiger partial charge in [0.15, 0.2) is 0 Å². The van der Waals surface area contributed by atoms with Crippen LogP contribution >= 0.6 is 0 Å². The van der Waals surface area contributed by atoms with Crippen LogP contribution in [0.4, 0.5) is 0 Å². The zero-order valence-electron chi connectivity index (χ0n) is 16.3. The summed E-state index contributed by atoms with van der Waals surface area (Å²) < 4.78 is 7.23. The second kappa shape index (κ2) is 7.10. The van der Waals surface area contributed by atoms with Crippen LogP contribution in [0.3, 0.4) is 0 Å². The first-order valence-corrected chi connectivity index (χ1v) is 9.83. The minimum absolute atomic E-state index is 0.320. The van der Waals surface area contributed by atoms with Crippen molar-refractivity contribution in [2.45, 2.75) is 12.8 Å². The van der Waals surface area contributed by atoms with Gasteiger partial charge < -0.3 is 9.30 Å². The number of carbonyl (C=O) groups excluding carboxylic acids is 1. The molecule has 5 rings (SSSR count). The molecule has 0 unspecified atom stereocenters. The van der Waals surface area contributed by atoms with Gasteiger partial charge in [-0.05, 0) is 53.8 Å². The van der Waals surface area contributed by atoms with Gasteiger partial charge in [0.25, 0.3) is 0 Å². The van der Waals surface area contributed by atoms with Crippen LogP contribution in [0, 0.1) is 0 Å². The van der Waals surface area contributed by atoms with E-state index in [1.54, 1.807) is 6.07 Å². The van der Waals surface area contributed by atoms with Crippen LogP contribution in [0.2, 0.25) is 0 Å². The molecule has 0 saturated heterocycles. The largest absolute Gasteiger partial charge is 0.465 e. The molecule has 0 saturated carbocycles. The van der Waals surface area contributed by atoms with Crippen LogP contribution in [0.5, 0.6) is 0 Å². The van der Waals surface area contributed by atoms with Gasteiger partial charge in [0.05, 0.1) is 18.4 Å². The van der Waals surface area contributed by atoms with Gasteiger partial charge in [-0.25, -0.2) is 4.79 Å². The lowest BCUT2D eigenvalue weighted by molar-refractivity contribution is 0.0600. The van der Waals surface area contributed by atoms with Gasteiger partial charge in [-0.15, -0.1) is 0 Å². The molecular formula is C26H21NO2. The number of nitrogens with zero attached hydrogens (tertiary/aromatic N) is 1. The highest BCUT2D eigenvalue weighted by Gasteiger charge is 2.24. The maximum absolute atomic E-state index is 12.1. The van der Waals surface area contributed by atoms with Crippen LogP contribution in [0.25, 0.3) is 28.1 Å². The molecule has 0 bridgehead atoms. The van der Waals surface area contributed by atoms with Crippen molar-refractivity contribution in [3.05, 3.63) is 102 Å². The lowest BCUT2D eigenvalue weighted by Crippen LogP contribution is -2.10. The zero-order valence-corrected chi connectivity index (χ0v) is 16.3. The molecule has 142 valence electrons. The molecule has 0 radical (unpaired) electrons. The van der Waals surface area contributed by atoms with Crippen molar-refractivity contribution in [3.63, 3.8) is 0 Å². The van der Waals surface area contributed by atoms with Crippen LogP contribution in [0.1, 0.15) is 21.6 Å². The molecule has 1 heterocycles. The van der Waals surface area contributed by atoms with Crippen molar-refractivity contribution in [3.8, 4) is 28.1 Å². The van der Waals surface area contributed by atoms with Crippen LogP contribution in [0.15, 0.2) is 84.9 Å². The first-order chi connectivity index (χ1) is 14.3. The summed E-state index contributed by atoms with van der Waals surface area (Å²) in [5, 5.41) is 0. The number of methoxy groups -OCH3 is 1. The molecule has 3 aromatic carbocycles. The Hall–Kier alpha value is -3.59. The van der Waals surface area contributed by atoms with E-state index in [0.717, 1.165) is 29.8 Å². The van der Waals surface area contributed by atoms with E-state index in [1.807, 2.05) is 18.2 Å². The van der Waals surface area contributed by atoms with Gasteiger partial charge >= 0.3 is 5.97 Å². The van der Waals surface area contributed by atoms with Gasteiger partial charge in [0.2, 0.25) is 0 Å². The number of carbonyl (C=O) groups is 1. The summed E-state index contributed by atoms with van der Waals surface area (Å²) in [5.74, 6) is -0.320. The van der Waals surface area contributed by atoms with E-state index in [4.69, 9.17) is 4.74 Å². The van der Waals surface area contributed by atoms with Gasteiger partial charge in [-0.1, -0.05) is 60.7 Å². The lowest BCUT2D eigenvalue weighted by atomic mass is 9.90. The Labute approximate surface area is 170 Å². The highest BCUT2D eigenvalue weighted by Crippen LogP contribution is 2.40. The fourth-order valence-electron chi connectivity index (χ4n) is 4.29. The molecule has 3 nitrogen and oxygen atoms in total. The molecule has 3 heteroatoms. The topological polar surface area (TPSA) is 31.2 Å². The number of esters is 1. The van der Waals surface area contributed by atoms with E-state index >= 15 is 0 Å². The van der Waals surface area contributed by atoms with Crippen molar-refractivity contribution < 1.29 is 9.53 Å². The standard InChI is InChI=1S/C26H21NO2/c1-29-26(28)20-11-7-12-21(16-20)27-24-15-14-18-8-5-6-13-22(18)23(24)17-25(27)19-9-3-2-4-10-19/h2-13,16-17H,14-15H2,1H3. The Morgan fingerprint density at radius 1 is 0.828 bits per heavy atom. The fraction of sp³-hybridized carbons (Fsp3) is 0.115. The van der Waals surface area contributed by atoms with Crippen LogP contribution in [-0.2, 0) is 17.6 Å². The molecular weight excluding hydrogens is 358 g/mol. The normalized spacial score (nSPS) is 12.2. The third-order valence-corrected chi connectivity index (χ3v) is 5.64. The second-order valence-corrected chi connectivity index (χ2v) is 7.29. The number of aromatic nitrogens is 1. The summed E-state index contributed by atoms with van der Waals surface area (Å²) in [6, 6.07) is 29.0. The Kier molecular flexibility index (Phi) is 4.28. The number of ether oxygens (including phenoxy) is 1. The van der Waals surface area contributed by atoms with Gasteiger partial charge in [0.1, 0.15) is 0 Å². The minimum atomic E-state index is -0.320. The zero-order chi connectivity index (χ0) is 19.8. The third kappa shape index (κ3) is 2.95. The molecule has 1 aromatic heterocycles. The average Bonchev–Trinajstić information content (AvgIpc) is 3.19. The molecule has 1 aliphatic carbocycles. The van der Waals surface area contributed by atoms with Crippen molar-refractivity contribution in [2.24, 2.45) is 0 Å².